The molecule has 0 bridgehead atoms. The fourth-order valence-corrected chi connectivity index (χ4v) is 2.13. The van der Waals surface area contributed by atoms with Gasteiger partial charge in [-0.1, -0.05) is 12.1 Å². The lowest BCUT2D eigenvalue weighted by Gasteiger charge is -2.32. The summed E-state index contributed by atoms with van der Waals surface area (Å²) in [5.41, 5.74) is 0.893. The Bertz CT molecular complexity index is 518. The lowest BCUT2D eigenvalue weighted by atomic mass is 9.79. The average Bonchev–Trinajstić information content (AvgIpc) is 2.66. The maximum atomic E-state index is 11.6. The Morgan fingerprint density at radius 2 is 1.68 bits per heavy atom. The molecule has 2 rings (SSSR count). The van der Waals surface area contributed by atoms with E-state index in [1.165, 1.54) is 0 Å². The van der Waals surface area contributed by atoms with E-state index in [4.69, 9.17) is 20.9 Å². The third-order valence-electron chi connectivity index (χ3n) is 4.07. The van der Waals surface area contributed by atoms with E-state index in [0.717, 1.165) is 5.46 Å². The predicted octanol–water partition coefficient (Wildman–Crippen LogP) is 2.35. The lowest BCUT2D eigenvalue weighted by Crippen LogP contribution is -2.41. The van der Waals surface area contributed by atoms with Gasteiger partial charge in [-0.25, -0.2) is 4.79 Å². The molecule has 120 valence electrons. The molecule has 0 aliphatic carbocycles. The van der Waals surface area contributed by atoms with Crippen LogP contribution in [0.15, 0.2) is 24.3 Å². The van der Waals surface area contributed by atoms with Crippen molar-refractivity contribution in [2.45, 2.75) is 38.9 Å². The number of anilines is 1. The molecule has 7 heteroatoms. The van der Waals surface area contributed by atoms with Gasteiger partial charge < -0.3 is 19.9 Å². The number of carbonyl (C=O) groups excluding carboxylic acids is 1. The molecule has 0 spiro atoms. The van der Waals surface area contributed by atoms with Gasteiger partial charge in [0.2, 0.25) is 0 Å². The number of hydrogen-bond donors (Lipinski definition) is 2. The van der Waals surface area contributed by atoms with Crippen LogP contribution in [0.3, 0.4) is 0 Å². The van der Waals surface area contributed by atoms with Crippen molar-refractivity contribution in [3.05, 3.63) is 24.3 Å². The van der Waals surface area contributed by atoms with Crippen molar-refractivity contribution in [1.29, 1.82) is 0 Å². The summed E-state index contributed by atoms with van der Waals surface area (Å²) >= 11 is 5.52. The number of amides is 2. The predicted molar refractivity (Wildman–Crippen MR) is 89.9 cm³/mol. The highest BCUT2D eigenvalue weighted by Gasteiger charge is 2.51. The number of carbonyl (C=O) groups is 1. The van der Waals surface area contributed by atoms with Gasteiger partial charge in [0.05, 0.1) is 11.2 Å². The van der Waals surface area contributed by atoms with Crippen molar-refractivity contribution >= 4 is 35.9 Å². The van der Waals surface area contributed by atoms with Crippen LogP contribution >= 0.6 is 11.6 Å². The van der Waals surface area contributed by atoms with Crippen LogP contribution in [0, 0.1) is 0 Å². The number of benzene rings is 1. The average molecular weight is 325 g/mol. The van der Waals surface area contributed by atoms with Crippen LogP contribution in [0.25, 0.3) is 0 Å². The summed E-state index contributed by atoms with van der Waals surface area (Å²) in [5, 5.41) is 5.38. The van der Waals surface area contributed by atoms with Gasteiger partial charge in [0, 0.05) is 18.1 Å². The highest BCUT2D eigenvalue weighted by atomic mass is 35.5. The Morgan fingerprint density at radius 1 is 1.14 bits per heavy atom. The summed E-state index contributed by atoms with van der Waals surface area (Å²) in [5.74, 6) is 0.383. The van der Waals surface area contributed by atoms with Crippen LogP contribution in [0.1, 0.15) is 27.7 Å². The second-order valence-electron chi connectivity index (χ2n) is 6.28. The molecule has 1 aromatic rings. The Hall–Kier alpha value is -1.24. The first-order chi connectivity index (χ1) is 10.2. The van der Waals surface area contributed by atoms with Gasteiger partial charge in [0.25, 0.3) is 0 Å². The fourth-order valence-electron chi connectivity index (χ4n) is 2.04. The van der Waals surface area contributed by atoms with Crippen molar-refractivity contribution in [3.63, 3.8) is 0 Å². The zero-order valence-corrected chi connectivity index (χ0v) is 14.2. The largest absolute Gasteiger partial charge is 0.494 e. The number of alkyl halides is 1. The number of rotatable bonds is 4. The number of hydrogen-bond acceptors (Lipinski definition) is 3. The molecule has 1 aliphatic rings. The molecule has 22 heavy (non-hydrogen) atoms. The molecule has 2 amide bonds. The number of nitrogens with one attached hydrogen (secondary N) is 2. The van der Waals surface area contributed by atoms with Gasteiger partial charge in [-0.15, -0.1) is 11.6 Å². The highest BCUT2D eigenvalue weighted by molar-refractivity contribution is 6.62. The van der Waals surface area contributed by atoms with Crippen molar-refractivity contribution in [3.8, 4) is 0 Å². The topological polar surface area (TPSA) is 59.6 Å². The summed E-state index contributed by atoms with van der Waals surface area (Å²) in [6.07, 6.45) is 0. The molecule has 1 fully saturated rings. The van der Waals surface area contributed by atoms with E-state index in [-0.39, 0.29) is 17.2 Å². The van der Waals surface area contributed by atoms with Crippen molar-refractivity contribution in [2.24, 2.45) is 0 Å². The standard InChI is InChI=1S/C15H22BClN2O3/c1-14(2)15(3,4)22-16(21-14)11-5-7-12(8-6-11)19-13(20)18-10-9-17/h5-8H,9-10H2,1-4H3,(H2,18,19,20). The first kappa shape index (κ1) is 17.1. The molecule has 2 N–H and O–H groups in total. The summed E-state index contributed by atoms with van der Waals surface area (Å²) in [6.45, 7) is 8.50. The van der Waals surface area contributed by atoms with Crippen LogP contribution in [-0.4, -0.2) is 36.8 Å². The Balaban J connectivity index is 2.00. The van der Waals surface area contributed by atoms with Gasteiger partial charge in [-0.3, -0.25) is 0 Å². The van der Waals surface area contributed by atoms with Crippen LogP contribution < -0.4 is 16.1 Å². The first-order valence-corrected chi connectivity index (χ1v) is 7.85. The van der Waals surface area contributed by atoms with E-state index < -0.39 is 7.12 Å². The van der Waals surface area contributed by atoms with Crippen LogP contribution in [-0.2, 0) is 9.31 Å². The van der Waals surface area contributed by atoms with Gasteiger partial charge in [-0.2, -0.15) is 0 Å². The molecule has 0 radical (unpaired) electrons. The Kier molecular flexibility index (Phi) is 5.05. The zero-order valence-electron chi connectivity index (χ0n) is 13.4. The number of urea groups is 1. The zero-order chi connectivity index (χ0) is 16.4. The summed E-state index contributed by atoms with van der Waals surface area (Å²) in [7, 11) is -0.399. The molecule has 1 aromatic carbocycles. The van der Waals surface area contributed by atoms with E-state index in [2.05, 4.69) is 10.6 Å². The normalized spacial score (nSPS) is 19.0. The minimum absolute atomic E-state index is 0.274. The molecule has 1 aliphatic heterocycles. The van der Waals surface area contributed by atoms with Crippen molar-refractivity contribution < 1.29 is 14.1 Å². The fraction of sp³-hybridized carbons (Fsp3) is 0.533. The third-order valence-corrected chi connectivity index (χ3v) is 4.26. The Morgan fingerprint density at radius 3 is 2.18 bits per heavy atom. The minimum atomic E-state index is -0.399. The first-order valence-electron chi connectivity index (χ1n) is 7.31. The molecule has 0 unspecified atom stereocenters. The van der Waals surface area contributed by atoms with Crippen LogP contribution in [0.2, 0.25) is 0 Å². The second kappa shape index (κ2) is 6.48. The number of halogens is 1. The van der Waals surface area contributed by atoms with Gasteiger partial charge in [0.1, 0.15) is 0 Å². The molecule has 5 nitrogen and oxygen atoms in total. The van der Waals surface area contributed by atoms with Gasteiger partial charge >= 0.3 is 13.1 Å². The molecular formula is C15H22BClN2O3. The molecule has 0 atom stereocenters. The van der Waals surface area contributed by atoms with Gasteiger partial charge in [0.15, 0.2) is 0 Å². The maximum absolute atomic E-state index is 11.6. The van der Waals surface area contributed by atoms with E-state index in [1.807, 2.05) is 52.0 Å². The summed E-state index contributed by atoms with van der Waals surface area (Å²) in [4.78, 5) is 11.6. The SMILES string of the molecule is CC1(C)OB(c2ccc(NC(=O)NCCCl)cc2)OC1(C)C. The quantitative estimate of drug-likeness (QED) is 0.660. The monoisotopic (exact) mass is 324 g/mol. The molecule has 0 saturated carbocycles. The molecular weight excluding hydrogens is 302 g/mol. The minimum Gasteiger partial charge on any atom is -0.399 e. The molecule has 1 saturated heterocycles. The molecule has 1 heterocycles. The summed E-state index contributed by atoms with van der Waals surface area (Å²) in [6, 6.07) is 7.14. The lowest BCUT2D eigenvalue weighted by molar-refractivity contribution is 0.00578. The van der Waals surface area contributed by atoms with Crippen molar-refractivity contribution in [2.75, 3.05) is 17.7 Å². The molecule has 0 aromatic heterocycles. The second-order valence-corrected chi connectivity index (χ2v) is 6.66. The van der Waals surface area contributed by atoms with E-state index in [9.17, 15) is 4.79 Å². The maximum Gasteiger partial charge on any atom is 0.494 e. The smallest absolute Gasteiger partial charge is 0.399 e. The van der Waals surface area contributed by atoms with Crippen LogP contribution in [0.4, 0.5) is 10.5 Å². The van der Waals surface area contributed by atoms with E-state index in [0.29, 0.717) is 18.1 Å². The van der Waals surface area contributed by atoms with Crippen LogP contribution in [0.5, 0.6) is 0 Å². The summed E-state index contributed by atoms with van der Waals surface area (Å²) < 4.78 is 12.0. The van der Waals surface area contributed by atoms with Gasteiger partial charge in [-0.05, 0) is 45.3 Å². The third kappa shape index (κ3) is 3.75. The highest BCUT2D eigenvalue weighted by Crippen LogP contribution is 2.36. The Labute approximate surface area is 136 Å². The van der Waals surface area contributed by atoms with Crippen molar-refractivity contribution in [1.82, 2.24) is 5.32 Å². The van der Waals surface area contributed by atoms with E-state index >= 15 is 0 Å². The van der Waals surface area contributed by atoms with E-state index in [1.54, 1.807) is 0 Å².